The first-order chi connectivity index (χ1) is 7.33. The Kier molecular flexibility index (Phi) is 5.88. The summed E-state index contributed by atoms with van der Waals surface area (Å²) in [5, 5.41) is -0.254. The normalized spacial score (nSPS) is 9.93. The van der Waals surface area contributed by atoms with Gasteiger partial charge in [-0.2, -0.15) is 0 Å². The highest BCUT2D eigenvalue weighted by atomic mass is 32.2. The highest BCUT2D eigenvalue weighted by Gasteiger charge is 2.03. The first kappa shape index (κ1) is 12.1. The van der Waals surface area contributed by atoms with Gasteiger partial charge in [0.1, 0.15) is 6.61 Å². The average molecular weight is 226 g/mol. The standard InChI is InChI=1S/C11H14O3S/c1-13-7-8-14-11(12)15-9-10-5-3-2-4-6-10/h2-6H,7-9H2,1H3. The Labute approximate surface area is 93.8 Å². The summed E-state index contributed by atoms with van der Waals surface area (Å²) in [6.07, 6.45) is 0. The van der Waals surface area contributed by atoms with Gasteiger partial charge in [-0.05, 0) is 17.3 Å². The van der Waals surface area contributed by atoms with Crippen LogP contribution in [0.2, 0.25) is 0 Å². The minimum Gasteiger partial charge on any atom is -0.455 e. The van der Waals surface area contributed by atoms with Crippen molar-refractivity contribution in [3.63, 3.8) is 0 Å². The molecular formula is C11H14O3S. The third-order valence-electron chi connectivity index (χ3n) is 1.71. The Hall–Kier alpha value is -1.00. The summed E-state index contributed by atoms with van der Waals surface area (Å²) in [7, 11) is 1.57. The molecule has 0 aliphatic carbocycles. The first-order valence-corrected chi connectivity index (χ1v) is 5.64. The molecule has 0 N–H and O–H groups in total. The SMILES string of the molecule is COCCOC(=O)SCc1ccccc1. The van der Waals surface area contributed by atoms with E-state index in [4.69, 9.17) is 9.47 Å². The van der Waals surface area contributed by atoms with E-state index in [2.05, 4.69) is 0 Å². The van der Waals surface area contributed by atoms with Gasteiger partial charge in [0, 0.05) is 12.9 Å². The summed E-state index contributed by atoms with van der Waals surface area (Å²) >= 11 is 1.16. The number of benzene rings is 1. The quantitative estimate of drug-likeness (QED) is 0.571. The maximum atomic E-state index is 11.2. The van der Waals surface area contributed by atoms with Gasteiger partial charge in [-0.1, -0.05) is 30.3 Å². The van der Waals surface area contributed by atoms with Gasteiger partial charge < -0.3 is 9.47 Å². The molecule has 0 fully saturated rings. The van der Waals surface area contributed by atoms with Crippen LogP contribution < -0.4 is 0 Å². The molecule has 0 spiro atoms. The zero-order valence-corrected chi connectivity index (χ0v) is 9.46. The monoisotopic (exact) mass is 226 g/mol. The summed E-state index contributed by atoms with van der Waals surface area (Å²) in [6.45, 7) is 0.759. The van der Waals surface area contributed by atoms with Crippen molar-refractivity contribution in [1.82, 2.24) is 0 Å². The van der Waals surface area contributed by atoms with Crippen LogP contribution in [0.25, 0.3) is 0 Å². The van der Waals surface area contributed by atoms with E-state index >= 15 is 0 Å². The summed E-state index contributed by atoms with van der Waals surface area (Å²) < 4.78 is 9.67. The van der Waals surface area contributed by atoms with Crippen molar-refractivity contribution in [2.75, 3.05) is 20.3 Å². The van der Waals surface area contributed by atoms with E-state index in [9.17, 15) is 4.79 Å². The van der Waals surface area contributed by atoms with E-state index < -0.39 is 0 Å². The molecule has 0 aliphatic heterocycles. The summed E-state index contributed by atoms with van der Waals surface area (Å²) in [4.78, 5) is 11.2. The molecule has 0 atom stereocenters. The second kappa shape index (κ2) is 7.31. The molecule has 82 valence electrons. The van der Waals surface area contributed by atoms with Crippen LogP contribution in [-0.4, -0.2) is 25.6 Å². The van der Waals surface area contributed by atoms with E-state index in [0.29, 0.717) is 19.0 Å². The highest BCUT2D eigenvalue weighted by molar-refractivity contribution is 8.12. The fourth-order valence-corrected chi connectivity index (χ4v) is 1.61. The summed E-state index contributed by atoms with van der Waals surface area (Å²) in [6, 6.07) is 9.81. The van der Waals surface area contributed by atoms with Crippen molar-refractivity contribution < 1.29 is 14.3 Å². The Morgan fingerprint density at radius 1 is 1.27 bits per heavy atom. The maximum absolute atomic E-state index is 11.2. The molecule has 1 rings (SSSR count). The first-order valence-electron chi connectivity index (χ1n) is 4.65. The van der Waals surface area contributed by atoms with Gasteiger partial charge >= 0.3 is 5.30 Å². The molecular weight excluding hydrogens is 212 g/mol. The van der Waals surface area contributed by atoms with E-state index in [0.717, 1.165) is 17.3 Å². The third kappa shape index (κ3) is 5.44. The van der Waals surface area contributed by atoms with Crippen molar-refractivity contribution in [3.05, 3.63) is 35.9 Å². The van der Waals surface area contributed by atoms with Crippen LogP contribution in [0.3, 0.4) is 0 Å². The Bertz CT molecular complexity index is 287. The van der Waals surface area contributed by atoms with Gasteiger partial charge in [-0.3, -0.25) is 0 Å². The lowest BCUT2D eigenvalue weighted by molar-refractivity contribution is 0.114. The highest BCUT2D eigenvalue weighted by Crippen LogP contribution is 2.13. The summed E-state index contributed by atoms with van der Waals surface area (Å²) in [5.74, 6) is 0.645. The van der Waals surface area contributed by atoms with Gasteiger partial charge in [0.2, 0.25) is 0 Å². The maximum Gasteiger partial charge on any atom is 0.367 e. The topological polar surface area (TPSA) is 35.5 Å². The molecule has 4 heteroatoms. The number of thioether (sulfide) groups is 1. The van der Waals surface area contributed by atoms with E-state index in [1.165, 1.54) is 0 Å². The molecule has 15 heavy (non-hydrogen) atoms. The summed E-state index contributed by atoms with van der Waals surface area (Å²) in [5.41, 5.74) is 1.12. The minimum absolute atomic E-state index is 0.254. The number of ether oxygens (including phenoxy) is 2. The van der Waals surface area contributed by atoms with Crippen molar-refractivity contribution >= 4 is 17.1 Å². The van der Waals surface area contributed by atoms with Crippen molar-refractivity contribution in [3.8, 4) is 0 Å². The van der Waals surface area contributed by atoms with Crippen LogP contribution in [0.5, 0.6) is 0 Å². The van der Waals surface area contributed by atoms with Crippen LogP contribution in [0.1, 0.15) is 5.56 Å². The van der Waals surface area contributed by atoms with Gasteiger partial charge in [0.25, 0.3) is 0 Å². The zero-order valence-electron chi connectivity index (χ0n) is 8.64. The molecule has 0 amide bonds. The fraction of sp³-hybridized carbons (Fsp3) is 0.364. The minimum atomic E-state index is -0.254. The van der Waals surface area contributed by atoms with E-state index in [-0.39, 0.29) is 5.30 Å². The molecule has 0 aromatic heterocycles. The molecule has 0 unspecified atom stereocenters. The largest absolute Gasteiger partial charge is 0.455 e. The molecule has 0 radical (unpaired) electrons. The zero-order chi connectivity index (χ0) is 10.9. The van der Waals surface area contributed by atoms with Crippen LogP contribution >= 0.6 is 11.8 Å². The molecule has 1 aromatic rings. The van der Waals surface area contributed by atoms with Gasteiger partial charge in [0.15, 0.2) is 0 Å². The van der Waals surface area contributed by atoms with Crippen LogP contribution in [0, 0.1) is 0 Å². The fourth-order valence-electron chi connectivity index (χ4n) is 0.966. The van der Waals surface area contributed by atoms with Crippen LogP contribution in [-0.2, 0) is 15.2 Å². The molecule has 1 aromatic carbocycles. The smallest absolute Gasteiger partial charge is 0.367 e. The lowest BCUT2D eigenvalue weighted by Crippen LogP contribution is -2.05. The molecule has 0 saturated heterocycles. The number of carbonyl (C=O) groups excluding carboxylic acids is 1. The Morgan fingerprint density at radius 3 is 2.67 bits per heavy atom. The Morgan fingerprint density at radius 2 is 2.00 bits per heavy atom. The van der Waals surface area contributed by atoms with Gasteiger partial charge in [0.05, 0.1) is 6.61 Å². The molecule has 0 heterocycles. The number of rotatable bonds is 5. The van der Waals surface area contributed by atoms with E-state index in [1.807, 2.05) is 30.3 Å². The predicted octanol–water partition coefficient (Wildman–Crippen LogP) is 2.70. The van der Waals surface area contributed by atoms with Crippen molar-refractivity contribution in [2.45, 2.75) is 5.75 Å². The van der Waals surface area contributed by atoms with Crippen molar-refractivity contribution in [2.24, 2.45) is 0 Å². The lowest BCUT2D eigenvalue weighted by Gasteiger charge is -2.03. The number of hydrogen-bond donors (Lipinski definition) is 0. The Balaban J connectivity index is 2.17. The van der Waals surface area contributed by atoms with Crippen LogP contribution in [0.4, 0.5) is 4.79 Å². The lowest BCUT2D eigenvalue weighted by atomic mass is 10.2. The third-order valence-corrected chi connectivity index (χ3v) is 2.54. The van der Waals surface area contributed by atoms with E-state index in [1.54, 1.807) is 7.11 Å². The van der Waals surface area contributed by atoms with Crippen LogP contribution in [0.15, 0.2) is 30.3 Å². The molecule has 3 nitrogen and oxygen atoms in total. The number of carbonyl (C=O) groups is 1. The second-order valence-corrected chi connectivity index (χ2v) is 3.78. The second-order valence-electron chi connectivity index (χ2n) is 2.87. The van der Waals surface area contributed by atoms with Gasteiger partial charge in [-0.25, -0.2) is 4.79 Å². The molecule has 0 bridgehead atoms. The molecule has 0 aliphatic rings. The average Bonchev–Trinajstić information content (AvgIpc) is 2.28. The molecule has 0 saturated carbocycles. The number of hydrogen-bond acceptors (Lipinski definition) is 4. The van der Waals surface area contributed by atoms with Gasteiger partial charge in [-0.15, -0.1) is 0 Å². The predicted molar refractivity (Wildman–Crippen MR) is 61.0 cm³/mol. The number of methoxy groups -OCH3 is 1. The van der Waals surface area contributed by atoms with Crippen molar-refractivity contribution in [1.29, 1.82) is 0 Å².